The lowest BCUT2D eigenvalue weighted by Gasteiger charge is -2.35. The molecule has 7 unspecified atom stereocenters. The molecule has 24 heteroatoms. The lowest BCUT2D eigenvalue weighted by Crippen LogP contribution is -2.44. The van der Waals surface area contributed by atoms with E-state index in [0.29, 0.717) is 11.2 Å². The van der Waals surface area contributed by atoms with E-state index < -0.39 is 49.8 Å². The molecule has 4 aromatic rings. The number of rotatable bonds is 2. The van der Waals surface area contributed by atoms with Crippen LogP contribution in [0, 0.1) is 5.92 Å². The fraction of sp³-hybridized carbons (Fsp3) is 0.545. The average Bonchev–Trinajstić information content (AvgIpc) is 3.38. The van der Waals surface area contributed by atoms with Gasteiger partial charge in [-0.1, -0.05) is 12.2 Å². The Hall–Kier alpha value is -2.13. The minimum Gasteiger partial charge on any atom is -0.382 e. The summed E-state index contributed by atoms with van der Waals surface area (Å²) in [5, 5.41) is -0.0571. The van der Waals surface area contributed by atoms with E-state index in [2.05, 4.69) is 42.2 Å². The Balaban J connectivity index is 1.04. The molecule has 1 aliphatic carbocycles. The molecular weight excluding hydrogens is 713 g/mol. The van der Waals surface area contributed by atoms with Gasteiger partial charge in [0, 0.05) is 12.3 Å². The lowest BCUT2D eigenvalue weighted by atomic mass is 9.96. The fourth-order valence-electron chi connectivity index (χ4n) is 6.32. The molecule has 0 radical (unpaired) electrons. The SMILES string of the molecule is Nc1nc(Cl)nc2c1ncn2[C@@H]1C2O[C@@H]3COP(O)(=S)OC4(CCOP(=O)(S)OC3C21)CO[C@@H](n1cnc2c(N)ncnc21)C4F. The highest BCUT2D eigenvalue weighted by molar-refractivity contribution is 8.44. The van der Waals surface area contributed by atoms with Crippen molar-refractivity contribution in [2.45, 2.75) is 48.8 Å². The molecule has 4 fully saturated rings. The van der Waals surface area contributed by atoms with Crippen molar-refractivity contribution in [3.05, 3.63) is 24.3 Å². The van der Waals surface area contributed by atoms with Gasteiger partial charge in [0.25, 0.3) is 0 Å². The van der Waals surface area contributed by atoms with Crippen molar-refractivity contribution in [3.8, 4) is 0 Å². The van der Waals surface area contributed by atoms with Crippen LogP contribution in [0.2, 0.25) is 5.28 Å². The summed E-state index contributed by atoms with van der Waals surface area (Å²) < 4.78 is 68.0. The van der Waals surface area contributed by atoms with E-state index in [-0.39, 0.29) is 66.3 Å². The molecule has 1 spiro atoms. The number of nitrogen functional groups attached to an aromatic ring is 2. The molecule has 3 saturated heterocycles. The maximum atomic E-state index is 16.4. The van der Waals surface area contributed by atoms with Crippen LogP contribution >= 0.6 is 37.4 Å². The number of hydrogen-bond donors (Lipinski definition) is 4. The van der Waals surface area contributed by atoms with Crippen LogP contribution in [0.5, 0.6) is 0 Å². The third-order valence-electron chi connectivity index (χ3n) is 8.44. The Morgan fingerprint density at radius 2 is 1.85 bits per heavy atom. The smallest absolute Gasteiger partial charge is 0.382 e. The van der Waals surface area contributed by atoms with Crippen LogP contribution < -0.4 is 11.5 Å². The summed E-state index contributed by atoms with van der Waals surface area (Å²) >= 11 is 15.5. The number of halogens is 2. The number of ether oxygens (including phenoxy) is 2. The van der Waals surface area contributed by atoms with Crippen LogP contribution in [-0.4, -0.2) is 93.8 Å². The molecule has 0 aromatic carbocycles. The largest absolute Gasteiger partial charge is 0.386 e. The summed E-state index contributed by atoms with van der Waals surface area (Å²) in [7, 11) is 0. The minimum absolute atomic E-state index is 0.0571. The molecule has 4 aliphatic rings. The van der Waals surface area contributed by atoms with Gasteiger partial charge in [-0.3, -0.25) is 13.6 Å². The second-order valence-electron chi connectivity index (χ2n) is 11.1. The number of nitrogens with two attached hydrogens (primary N) is 2. The zero-order chi connectivity index (χ0) is 32.2. The van der Waals surface area contributed by atoms with Gasteiger partial charge in [-0.25, -0.2) is 28.9 Å². The molecule has 3 aliphatic heterocycles. The van der Waals surface area contributed by atoms with E-state index in [1.54, 1.807) is 4.57 Å². The summed E-state index contributed by atoms with van der Waals surface area (Å²) in [5.41, 5.74) is 11.1. The highest BCUT2D eigenvalue weighted by Crippen LogP contribution is 2.64. The molecule has 1 saturated carbocycles. The van der Waals surface area contributed by atoms with E-state index in [1.807, 2.05) is 0 Å². The molecule has 0 amide bonds. The molecular formula is C22H24ClFN10O8P2S2. The summed E-state index contributed by atoms with van der Waals surface area (Å²) in [6.07, 6.45) is -1.71. The van der Waals surface area contributed by atoms with Crippen molar-refractivity contribution < 1.29 is 41.4 Å². The molecule has 4 aromatic heterocycles. The second kappa shape index (κ2) is 10.9. The molecule has 246 valence electrons. The molecule has 18 nitrogen and oxygen atoms in total. The van der Waals surface area contributed by atoms with Gasteiger partial charge in [0.15, 0.2) is 35.3 Å². The fourth-order valence-corrected chi connectivity index (χ4v) is 9.75. The predicted molar refractivity (Wildman–Crippen MR) is 164 cm³/mol. The third-order valence-corrected chi connectivity index (χ3v) is 11.9. The Kier molecular flexibility index (Phi) is 7.41. The van der Waals surface area contributed by atoms with Crippen molar-refractivity contribution in [3.63, 3.8) is 0 Å². The third kappa shape index (κ3) is 5.12. The molecule has 5 N–H and O–H groups in total. The van der Waals surface area contributed by atoms with Gasteiger partial charge in [-0.2, -0.15) is 9.97 Å². The van der Waals surface area contributed by atoms with Gasteiger partial charge in [0.1, 0.15) is 35.2 Å². The quantitative estimate of drug-likeness (QED) is 0.131. The summed E-state index contributed by atoms with van der Waals surface area (Å²) in [6.45, 7) is -9.30. The van der Waals surface area contributed by atoms with Crippen LogP contribution in [-0.2, 0) is 43.9 Å². The van der Waals surface area contributed by atoms with Crippen molar-refractivity contribution in [1.29, 1.82) is 0 Å². The predicted octanol–water partition coefficient (Wildman–Crippen LogP) is 2.12. The minimum atomic E-state index is -4.14. The maximum Gasteiger partial charge on any atom is 0.386 e. The molecule has 46 heavy (non-hydrogen) atoms. The van der Waals surface area contributed by atoms with Crippen molar-refractivity contribution >= 4 is 83.1 Å². The van der Waals surface area contributed by atoms with Crippen LogP contribution in [0.25, 0.3) is 22.3 Å². The number of alkyl halides is 1. The zero-order valence-electron chi connectivity index (χ0n) is 23.1. The van der Waals surface area contributed by atoms with Crippen LogP contribution in [0.15, 0.2) is 19.0 Å². The standard InChI is InChI=1S/C22H24ClFN10O8P2S2/c23-21-31-17(26)11-19(32-21)33(6-29-11)12-9-13-8(40-14(9)12)3-39-44(36,46)42-22(1-2-38-43(35,45)41-13)4-37-20(15(22)24)34-7-30-10-16(25)27-5-28-18(10)34/h5-9,12-15,20H,1-4H2,(H,35,45)(H,36,46)(H2,25,27,28)(H2,26,31,32)/t8-,9?,12+,13?,14?,15?,20-,22?,43?,44?/m1/s1. The second-order valence-corrected chi connectivity index (χ2v) is 17.1. The first-order valence-corrected chi connectivity index (χ1v) is 19.4. The van der Waals surface area contributed by atoms with E-state index in [1.165, 1.54) is 23.5 Å². The van der Waals surface area contributed by atoms with Gasteiger partial charge in [-0.15, -0.1) is 0 Å². The van der Waals surface area contributed by atoms with Gasteiger partial charge in [-0.05, 0) is 23.4 Å². The monoisotopic (exact) mass is 736 g/mol. The van der Waals surface area contributed by atoms with Crippen LogP contribution in [0.1, 0.15) is 18.7 Å². The first-order chi connectivity index (χ1) is 21.9. The topological polar surface area (TPSA) is 232 Å². The van der Waals surface area contributed by atoms with Gasteiger partial charge in [0.2, 0.25) is 5.28 Å². The number of nitrogens with zero attached hydrogens (tertiary/aromatic N) is 8. The molecule has 8 rings (SSSR count). The normalized spacial score (nSPS) is 39.7. The number of fused-ring (bicyclic) bond motifs is 5. The Morgan fingerprint density at radius 3 is 2.65 bits per heavy atom. The first-order valence-electron chi connectivity index (χ1n) is 13.7. The highest BCUT2D eigenvalue weighted by Gasteiger charge is 2.67. The van der Waals surface area contributed by atoms with Crippen molar-refractivity contribution in [1.82, 2.24) is 39.0 Å². The van der Waals surface area contributed by atoms with E-state index in [9.17, 15) is 9.46 Å². The van der Waals surface area contributed by atoms with Gasteiger partial charge < -0.3 is 39.4 Å². The maximum absolute atomic E-state index is 16.4. The Labute approximate surface area is 273 Å². The van der Waals surface area contributed by atoms with Crippen LogP contribution in [0.3, 0.4) is 0 Å². The van der Waals surface area contributed by atoms with Crippen molar-refractivity contribution in [2.24, 2.45) is 5.92 Å². The first kappa shape index (κ1) is 31.2. The number of thiol groups is 1. The number of anilines is 2. The summed E-state index contributed by atoms with van der Waals surface area (Å²) in [5.74, 6) is -0.164. The molecule has 7 heterocycles. The van der Waals surface area contributed by atoms with Crippen molar-refractivity contribution in [2.75, 3.05) is 31.3 Å². The van der Waals surface area contributed by atoms with E-state index in [4.69, 9.17) is 62.4 Å². The molecule has 0 bridgehead atoms. The highest BCUT2D eigenvalue weighted by atomic mass is 35.5. The number of imidazole rings is 2. The number of aromatic nitrogens is 8. The molecule has 10 atom stereocenters. The lowest BCUT2D eigenvalue weighted by molar-refractivity contribution is -0.0532. The zero-order valence-corrected chi connectivity index (χ0v) is 27.4. The Bertz CT molecular complexity index is 1980. The van der Waals surface area contributed by atoms with Gasteiger partial charge >= 0.3 is 13.5 Å². The summed E-state index contributed by atoms with van der Waals surface area (Å²) in [4.78, 5) is 35.8. The van der Waals surface area contributed by atoms with E-state index in [0.717, 1.165) is 0 Å². The van der Waals surface area contributed by atoms with Crippen LogP contribution in [0.4, 0.5) is 16.0 Å². The Morgan fingerprint density at radius 1 is 1.09 bits per heavy atom. The number of hydrogen-bond acceptors (Lipinski definition) is 16. The van der Waals surface area contributed by atoms with E-state index >= 15 is 4.39 Å². The summed E-state index contributed by atoms with van der Waals surface area (Å²) in [6, 6.07) is -0.352. The average molecular weight is 737 g/mol. The van der Waals surface area contributed by atoms with Gasteiger partial charge in [0.05, 0.1) is 44.6 Å².